The number of aromatic hydroxyl groups is 1. The van der Waals surface area contributed by atoms with Crippen LogP contribution in [0.3, 0.4) is 0 Å². The Morgan fingerprint density at radius 1 is 1.71 bits per heavy atom. The first-order chi connectivity index (χ1) is 3.29. The molecule has 0 amide bonds. The van der Waals surface area contributed by atoms with E-state index in [9.17, 15) is 4.79 Å². The monoisotopic (exact) mass is 102 g/mol. The second kappa shape index (κ2) is 1.14. The van der Waals surface area contributed by atoms with E-state index in [1.165, 1.54) is 0 Å². The standard InChI is InChI=1S/C3H2O4/c4-2-1-6-3(5)7-2/h1,4H. The fourth-order valence-corrected chi connectivity index (χ4v) is 0.232. The van der Waals surface area contributed by atoms with Gasteiger partial charge in [-0.15, -0.1) is 0 Å². The molecule has 1 heterocycles. The third kappa shape index (κ3) is 0.623. The molecule has 0 atom stereocenters. The molecule has 0 fully saturated rings. The molecule has 7 heavy (non-hydrogen) atoms. The van der Waals surface area contributed by atoms with Crippen LogP contribution in [0.4, 0.5) is 0 Å². The largest absolute Gasteiger partial charge is 0.521 e. The molecule has 4 nitrogen and oxygen atoms in total. The van der Waals surface area contributed by atoms with Crippen LogP contribution in [0.15, 0.2) is 19.9 Å². The average molecular weight is 102 g/mol. The predicted octanol–water partition coefficient (Wildman–Crippen LogP) is -0.0616. The van der Waals surface area contributed by atoms with Crippen LogP contribution in [0.25, 0.3) is 0 Å². The molecule has 4 heteroatoms. The maximum absolute atomic E-state index is 9.80. The van der Waals surface area contributed by atoms with Crippen LogP contribution in [0.5, 0.6) is 5.95 Å². The van der Waals surface area contributed by atoms with Crippen molar-refractivity contribution < 1.29 is 13.9 Å². The van der Waals surface area contributed by atoms with Crippen molar-refractivity contribution in [3.63, 3.8) is 0 Å². The molecular weight excluding hydrogens is 100 g/mol. The molecule has 0 spiro atoms. The first-order valence-corrected chi connectivity index (χ1v) is 1.56. The van der Waals surface area contributed by atoms with Crippen molar-refractivity contribution in [3.05, 3.63) is 16.9 Å². The molecule has 0 bridgehead atoms. The van der Waals surface area contributed by atoms with Crippen molar-refractivity contribution in [3.8, 4) is 5.95 Å². The van der Waals surface area contributed by atoms with Gasteiger partial charge >= 0.3 is 11.8 Å². The van der Waals surface area contributed by atoms with E-state index in [4.69, 9.17) is 5.11 Å². The van der Waals surface area contributed by atoms with Crippen LogP contribution in [0, 0.1) is 0 Å². The molecule has 0 saturated carbocycles. The summed E-state index contributed by atoms with van der Waals surface area (Å²) >= 11 is 0. The van der Waals surface area contributed by atoms with Crippen LogP contribution in [-0.4, -0.2) is 5.11 Å². The molecule has 1 rings (SSSR count). The maximum atomic E-state index is 9.80. The molecule has 0 aromatic carbocycles. The van der Waals surface area contributed by atoms with E-state index in [-0.39, 0.29) is 0 Å². The Balaban J connectivity index is 3.30. The Hall–Kier alpha value is -1.19. The van der Waals surface area contributed by atoms with Crippen molar-refractivity contribution in [2.75, 3.05) is 0 Å². The van der Waals surface area contributed by atoms with E-state index >= 15 is 0 Å². The van der Waals surface area contributed by atoms with Gasteiger partial charge in [-0.3, -0.25) is 0 Å². The van der Waals surface area contributed by atoms with Gasteiger partial charge in [0.05, 0.1) is 0 Å². The van der Waals surface area contributed by atoms with Crippen molar-refractivity contribution >= 4 is 0 Å². The second-order valence-corrected chi connectivity index (χ2v) is 0.926. The summed E-state index contributed by atoms with van der Waals surface area (Å²) in [6, 6.07) is 0. The summed E-state index contributed by atoms with van der Waals surface area (Å²) in [5, 5.41) is 8.19. The maximum Gasteiger partial charge on any atom is 0.521 e. The van der Waals surface area contributed by atoms with Gasteiger partial charge in [0, 0.05) is 0 Å². The Morgan fingerprint density at radius 2 is 2.43 bits per heavy atom. The highest BCUT2D eigenvalue weighted by Gasteiger charge is 1.91. The fourth-order valence-electron chi connectivity index (χ4n) is 0.232. The van der Waals surface area contributed by atoms with Crippen LogP contribution >= 0.6 is 0 Å². The molecule has 0 saturated heterocycles. The Kier molecular flexibility index (Phi) is 0.651. The minimum absolute atomic E-state index is 0.495. The van der Waals surface area contributed by atoms with Crippen LogP contribution in [0.1, 0.15) is 0 Å². The van der Waals surface area contributed by atoms with Crippen molar-refractivity contribution in [2.24, 2.45) is 0 Å². The second-order valence-electron chi connectivity index (χ2n) is 0.926. The SMILES string of the molecule is O=c1occ(O)o1. The predicted molar refractivity (Wildman–Crippen MR) is 18.9 cm³/mol. The third-order valence-corrected chi connectivity index (χ3v) is 0.444. The molecule has 38 valence electrons. The third-order valence-electron chi connectivity index (χ3n) is 0.444. The lowest BCUT2D eigenvalue weighted by Crippen LogP contribution is -1.83. The lowest BCUT2D eigenvalue weighted by Gasteiger charge is -1.64. The number of hydrogen-bond acceptors (Lipinski definition) is 4. The van der Waals surface area contributed by atoms with Crippen LogP contribution in [-0.2, 0) is 0 Å². The summed E-state index contributed by atoms with van der Waals surface area (Å²) in [4.78, 5) is 9.80. The number of rotatable bonds is 0. The molecular formula is C3H2O4. The lowest BCUT2D eigenvalue weighted by atomic mass is 11.0. The summed E-state index contributed by atoms with van der Waals surface area (Å²) in [5.41, 5.74) is 0. The summed E-state index contributed by atoms with van der Waals surface area (Å²) in [6.07, 6.45) is 0.822. The van der Waals surface area contributed by atoms with E-state index in [1.807, 2.05) is 0 Å². The van der Waals surface area contributed by atoms with Gasteiger partial charge in [-0.1, -0.05) is 0 Å². The van der Waals surface area contributed by atoms with Crippen molar-refractivity contribution in [1.29, 1.82) is 0 Å². The highest BCUT2D eigenvalue weighted by Crippen LogP contribution is 1.99. The van der Waals surface area contributed by atoms with Gasteiger partial charge in [0.25, 0.3) is 0 Å². The van der Waals surface area contributed by atoms with Crippen LogP contribution < -0.4 is 5.82 Å². The Bertz CT molecular complexity index is 195. The summed E-state index contributed by atoms with van der Waals surface area (Å²) in [7, 11) is 0. The minimum Gasteiger partial charge on any atom is -0.478 e. The van der Waals surface area contributed by atoms with Gasteiger partial charge in [0.1, 0.15) is 0 Å². The summed E-state index contributed by atoms with van der Waals surface area (Å²) in [6.45, 7) is 0. The van der Waals surface area contributed by atoms with Gasteiger partial charge in [-0.25, -0.2) is 4.79 Å². The first kappa shape index (κ1) is 3.98. The lowest BCUT2D eigenvalue weighted by molar-refractivity contribution is 0.303. The highest BCUT2D eigenvalue weighted by atomic mass is 16.6. The zero-order valence-corrected chi connectivity index (χ0v) is 3.25. The summed E-state index contributed by atoms with van der Waals surface area (Å²) < 4.78 is 7.91. The van der Waals surface area contributed by atoms with E-state index < -0.39 is 11.8 Å². The van der Waals surface area contributed by atoms with E-state index in [2.05, 4.69) is 8.83 Å². The molecule has 1 N–H and O–H groups in total. The topological polar surface area (TPSA) is 63.6 Å². The molecule has 0 aliphatic heterocycles. The van der Waals surface area contributed by atoms with Gasteiger partial charge < -0.3 is 13.9 Å². The normalized spacial score (nSPS) is 9.14. The molecule has 1 aromatic rings. The molecule has 0 aliphatic carbocycles. The van der Waals surface area contributed by atoms with Gasteiger partial charge in [-0.2, -0.15) is 0 Å². The first-order valence-electron chi connectivity index (χ1n) is 1.56. The van der Waals surface area contributed by atoms with E-state index in [0.717, 1.165) is 6.26 Å². The highest BCUT2D eigenvalue weighted by molar-refractivity contribution is 4.86. The van der Waals surface area contributed by atoms with Gasteiger partial charge in [-0.05, 0) is 0 Å². The zero-order chi connectivity index (χ0) is 5.28. The Morgan fingerprint density at radius 3 is 2.57 bits per heavy atom. The smallest absolute Gasteiger partial charge is 0.478 e. The van der Waals surface area contributed by atoms with Gasteiger partial charge in [0.15, 0.2) is 6.26 Å². The van der Waals surface area contributed by atoms with Gasteiger partial charge in [0.2, 0.25) is 0 Å². The van der Waals surface area contributed by atoms with Crippen LogP contribution in [0.2, 0.25) is 0 Å². The van der Waals surface area contributed by atoms with E-state index in [0.29, 0.717) is 0 Å². The number of hydrogen-bond donors (Lipinski definition) is 1. The molecule has 1 aromatic heterocycles. The molecule has 0 aliphatic rings. The minimum atomic E-state index is -0.891. The fraction of sp³-hybridized carbons (Fsp3) is 0. The van der Waals surface area contributed by atoms with Crippen molar-refractivity contribution in [2.45, 2.75) is 0 Å². The zero-order valence-electron chi connectivity index (χ0n) is 3.25. The Labute approximate surface area is 38.0 Å². The molecule has 0 unspecified atom stereocenters. The average Bonchev–Trinajstić information content (AvgIpc) is 1.87. The van der Waals surface area contributed by atoms with Crippen molar-refractivity contribution in [1.82, 2.24) is 0 Å². The quantitative estimate of drug-likeness (QED) is 0.498. The summed E-state index contributed by atoms with van der Waals surface area (Å²) in [5.74, 6) is -1.39. The molecule has 0 radical (unpaired) electrons. The van der Waals surface area contributed by atoms with E-state index in [1.54, 1.807) is 0 Å².